The summed E-state index contributed by atoms with van der Waals surface area (Å²) < 4.78 is 5.76. The number of likely N-dealkylation sites (tertiary alicyclic amines) is 1. The summed E-state index contributed by atoms with van der Waals surface area (Å²) in [6.45, 7) is 2.46. The predicted molar refractivity (Wildman–Crippen MR) is 114 cm³/mol. The molecule has 0 aromatic heterocycles. The maximum absolute atomic E-state index is 12.9. The summed E-state index contributed by atoms with van der Waals surface area (Å²) in [6.07, 6.45) is 8.17. The molecule has 4 rings (SSSR count). The molecule has 4 nitrogen and oxygen atoms in total. The Bertz CT molecular complexity index is 813. The van der Waals surface area contributed by atoms with Crippen molar-refractivity contribution in [3.05, 3.63) is 42.0 Å². The van der Waals surface area contributed by atoms with Gasteiger partial charge in [-0.15, -0.1) is 0 Å². The number of likely N-dealkylation sites (N-methyl/N-ethyl adjacent to an activating group) is 1. The minimum atomic E-state index is 0.156. The Morgan fingerprint density at radius 2 is 1.82 bits per heavy atom. The van der Waals surface area contributed by atoms with Crippen LogP contribution in [-0.4, -0.2) is 43.6 Å². The number of carbonyl (C=O) groups excluding carboxylic acids is 1. The normalized spacial score (nSPS) is 20.8. The highest BCUT2D eigenvalue weighted by Crippen LogP contribution is 2.31. The topological polar surface area (TPSA) is 41.6 Å². The van der Waals surface area contributed by atoms with Gasteiger partial charge in [0, 0.05) is 25.0 Å². The van der Waals surface area contributed by atoms with Gasteiger partial charge in [0.05, 0.1) is 0 Å². The fourth-order valence-corrected chi connectivity index (χ4v) is 4.75. The Morgan fingerprint density at radius 3 is 2.64 bits per heavy atom. The van der Waals surface area contributed by atoms with Gasteiger partial charge in [-0.05, 0) is 61.2 Å². The largest absolute Gasteiger partial charge is 0.492 e. The molecule has 2 fully saturated rings. The second-order valence-electron chi connectivity index (χ2n) is 8.31. The van der Waals surface area contributed by atoms with Crippen molar-refractivity contribution in [3.8, 4) is 5.75 Å². The van der Waals surface area contributed by atoms with Gasteiger partial charge in [0.2, 0.25) is 5.91 Å². The smallest absolute Gasteiger partial charge is 0.226 e. The Kier molecular flexibility index (Phi) is 6.16. The van der Waals surface area contributed by atoms with E-state index in [2.05, 4.69) is 40.5 Å². The van der Waals surface area contributed by atoms with Crippen molar-refractivity contribution in [2.75, 3.05) is 26.7 Å². The number of ether oxygens (including phenoxy) is 1. The third-order valence-corrected chi connectivity index (χ3v) is 6.35. The first-order valence-electron chi connectivity index (χ1n) is 10.8. The van der Waals surface area contributed by atoms with E-state index in [1.165, 1.54) is 48.4 Å². The van der Waals surface area contributed by atoms with Gasteiger partial charge in [0.25, 0.3) is 0 Å². The minimum Gasteiger partial charge on any atom is -0.492 e. The molecule has 1 heterocycles. The zero-order valence-electron chi connectivity index (χ0n) is 17.0. The number of benzene rings is 2. The van der Waals surface area contributed by atoms with Crippen LogP contribution < -0.4 is 10.1 Å². The number of nitrogens with one attached hydrogen (secondary N) is 1. The molecule has 1 unspecified atom stereocenters. The first kappa shape index (κ1) is 19.3. The molecule has 1 saturated carbocycles. The van der Waals surface area contributed by atoms with Gasteiger partial charge < -0.3 is 15.0 Å². The Morgan fingerprint density at radius 1 is 1.04 bits per heavy atom. The fraction of sp³-hybridized carbons (Fsp3) is 0.542. The quantitative estimate of drug-likeness (QED) is 0.733. The zero-order valence-corrected chi connectivity index (χ0v) is 17.0. The molecule has 150 valence electrons. The van der Waals surface area contributed by atoms with E-state index in [9.17, 15) is 4.79 Å². The molecule has 1 atom stereocenters. The van der Waals surface area contributed by atoms with Crippen molar-refractivity contribution < 1.29 is 9.53 Å². The number of fused-ring (bicyclic) bond motifs is 1. The van der Waals surface area contributed by atoms with Crippen LogP contribution >= 0.6 is 0 Å². The van der Waals surface area contributed by atoms with E-state index >= 15 is 0 Å². The minimum absolute atomic E-state index is 0.156. The monoisotopic (exact) mass is 380 g/mol. The summed E-state index contributed by atoms with van der Waals surface area (Å²) in [6, 6.07) is 13.3. The lowest BCUT2D eigenvalue weighted by Crippen LogP contribution is -2.39. The predicted octanol–water partition coefficient (Wildman–Crippen LogP) is 4.16. The van der Waals surface area contributed by atoms with Gasteiger partial charge in [0.15, 0.2) is 0 Å². The first-order chi connectivity index (χ1) is 13.7. The van der Waals surface area contributed by atoms with Crippen molar-refractivity contribution in [2.24, 2.45) is 5.92 Å². The number of hydrogen-bond acceptors (Lipinski definition) is 3. The second kappa shape index (κ2) is 8.95. The lowest BCUT2D eigenvalue weighted by Gasteiger charge is -2.31. The zero-order chi connectivity index (χ0) is 19.3. The van der Waals surface area contributed by atoms with Crippen molar-refractivity contribution in [3.63, 3.8) is 0 Å². The van der Waals surface area contributed by atoms with E-state index in [4.69, 9.17) is 4.74 Å². The molecule has 1 N–H and O–H groups in total. The lowest BCUT2D eigenvalue weighted by atomic mass is 9.93. The molecule has 0 bridgehead atoms. The molecule has 1 aliphatic heterocycles. The molecule has 1 saturated heterocycles. The van der Waals surface area contributed by atoms with Crippen molar-refractivity contribution >= 4 is 16.7 Å². The van der Waals surface area contributed by atoms with Crippen LogP contribution in [0.25, 0.3) is 10.8 Å². The van der Waals surface area contributed by atoms with Gasteiger partial charge in [0.1, 0.15) is 12.4 Å². The van der Waals surface area contributed by atoms with Crippen LogP contribution in [0.1, 0.15) is 44.1 Å². The Hall–Kier alpha value is -2.07. The van der Waals surface area contributed by atoms with E-state index in [1.54, 1.807) is 0 Å². The van der Waals surface area contributed by atoms with Gasteiger partial charge >= 0.3 is 0 Å². The van der Waals surface area contributed by atoms with Crippen LogP contribution in [0, 0.1) is 5.92 Å². The van der Waals surface area contributed by atoms with Gasteiger partial charge in [-0.25, -0.2) is 0 Å². The summed E-state index contributed by atoms with van der Waals surface area (Å²) in [7, 11) is 1.93. The first-order valence-corrected chi connectivity index (χ1v) is 10.8. The number of carbonyl (C=O) groups is 1. The van der Waals surface area contributed by atoms with Crippen molar-refractivity contribution in [2.45, 2.75) is 51.0 Å². The molecule has 2 aliphatic rings. The molecular formula is C24H32N2O2. The fourth-order valence-electron chi connectivity index (χ4n) is 4.75. The molecule has 2 aromatic carbocycles. The number of hydrogen-bond donors (Lipinski definition) is 1. The van der Waals surface area contributed by atoms with Crippen LogP contribution in [0.4, 0.5) is 0 Å². The van der Waals surface area contributed by atoms with Gasteiger partial charge in [-0.1, -0.05) is 43.5 Å². The summed E-state index contributed by atoms with van der Waals surface area (Å²) >= 11 is 0. The standard InChI is InChI=1S/C24H32N2O2/c1-25-12-14-28-23-10-9-19-15-18(7-8-20(19)17-23)16-21-11-13-26(24(21)27)22-5-3-2-4-6-22/h7-10,15,17,21-22,25H,2-6,11-14,16H2,1H3. The van der Waals surface area contributed by atoms with Gasteiger partial charge in [-0.3, -0.25) is 4.79 Å². The number of amides is 1. The van der Waals surface area contributed by atoms with Crippen molar-refractivity contribution in [1.82, 2.24) is 10.2 Å². The highest BCUT2D eigenvalue weighted by Gasteiger charge is 2.36. The van der Waals surface area contributed by atoms with Crippen LogP contribution in [0.15, 0.2) is 36.4 Å². The molecule has 0 radical (unpaired) electrons. The Balaban J connectivity index is 1.40. The molecule has 1 amide bonds. The average Bonchev–Trinajstić information content (AvgIpc) is 3.09. The van der Waals surface area contributed by atoms with Crippen LogP contribution in [0.3, 0.4) is 0 Å². The van der Waals surface area contributed by atoms with E-state index in [0.29, 0.717) is 18.6 Å². The van der Waals surface area contributed by atoms with E-state index in [1.807, 2.05) is 13.1 Å². The summed E-state index contributed by atoms with van der Waals surface area (Å²) in [5.41, 5.74) is 1.26. The Labute approximate surface area is 168 Å². The second-order valence-corrected chi connectivity index (χ2v) is 8.31. The number of rotatable bonds is 7. The molecule has 1 aliphatic carbocycles. The third kappa shape index (κ3) is 4.33. The maximum atomic E-state index is 12.9. The summed E-state index contributed by atoms with van der Waals surface area (Å²) in [5.74, 6) is 1.45. The summed E-state index contributed by atoms with van der Waals surface area (Å²) in [5, 5.41) is 5.49. The van der Waals surface area contributed by atoms with Crippen LogP contribution in [-0.2, 0) is 11.2 Å². The molecule has 4 heteroatoms. The third-order valence-electron chi connectivity index (χ3n) is 6.35. The van der Waals surface area contributed by atoms with Gasteiger partial charge in [-0.2, -0.15) is 0 Å². The average molecular weight is 381 g/mol. The number of nitrogens with zero attached hydrogens (tertiary/aromatic N) is 1. The van der Waals surface area contributed by atoms with E-state index in [0.717, 1.165) is 31.7 Å². The highest BCUT2D eigenvalue weighted by atomic mass is 16.5. The highest BCUT2D eigenvalue weighted by molar-refractivity contribution is 5.85. The van der Waals surface area contributed by atoms with E-state index < -0.39 is 0 Å². The molecule has 28 heavy (non-hydrogen) atoms. The maximum Gasteiger partial charge on any atom is 0.226 e. The molecule has 2 aromatic rings. The molecule has 0 spiro atoms. The lowest BCUT2D eigenvalue weighted by molar-refractivity contribution is -0.133. The van der Waals surface area contributed by atoms with Crippen LogP contribution in [0.5, 0.6) is 5.75 Å². The summed E-state index contributed by atoms with van der Waals surface area (Å²) in [4.78, 5) is 15.1. The van der Waals surface area contributed by atoms with Crippen molar-refractivity contribution in [1.29, 1.82) is 0 Å². The molecular weight excluding hydrogens is 348 g/mol. The SMILES string of the molecule is CNCCOc1ccc2cc(CC3CCN(C4CCCCC4)C3=O)ccc2c1. The van der Waals surface area contributed by atoms with Crippen LogP contribution in [0.2, 0.25) is 0 Å². The van der Waals surface area contributed by atoms with E-state index in [-0.39, 0.29) is 5.92 Å².